The van der Waals surface area contributed by atoms with Crippen LogP contribution in [0.15, 0.2) is 11.3 Å². The van der Waals surface area contributed by atoms with Crippen LogP contribution in [0.25, 0.3) is 0 Å². The van der Waals surface area contributed by atoms with E-state index in [1.165, 1.54) is 6.92 Å². The minimum atomic E-state index is -0.811. The van der Waals surface area contributed by atoms with Gasteiger partial charge in [-0.1, -0.05) is 20.8 Å². The largest absolute Gasteiger partial charge is 0.511 e. The Morgan fingerprint density at radius 2 is 1.89 bits per heavy atom. The van der Waals surface area contributed by atoms with Crippen molar-refractivity contribution in [3.8, 4) is 0 Å². The summed E-state index contributed by atoms with van der Waals surface area (Å²) in [6.45, 7) is 6.83. The van der Waals surface area contributed by atoms with E-state index in [1.807, 2.05) is 13.8 Å². The Morgan fingerprint density at radius 1 is 1.32 bits per heavy atom. The number of allylic oxidation sites excluding steroid dienone is 1. The van der Waals surface area contributed by atoms with Gasteiger partial charge in [0.15, 0.2) is 6.10 Å². The molecule has 1 fully saturated rings. The van der Waals surface area contributed by atoms with Crippen molar-refractivity contribution >= 4 is 17.5 Å². The molecule has 0 aromatic carbocycles. The molecule has 1 aliphatic rings. The third-order valence-corrected chi connectivity index (χ3v) is 2.99. The summed E-state index contributed by atoms with van der Waals surface area (Å²) in [5.41, 5.74) is -0.292. The van der Waals surface area contributed by atoms with Crippen molar-refractivity contribution < 1.29 is 24.2 Å². The van der Waals surface area contributed by atoms with Gasteiger partial charge in [0, 0.05) is 12.3 Å². The molecule has 2 atom stereocenters. The van der Waals surface area contributed by atoms with Crippen molar-refractivity contribution in [2.75, 3.05) is 0 Å². The van der Waals surface area contributed by atoms with E-state index in [9.17, 15) is 19.5 Å². The maximum atomic E-state index is 12.0. The fourth-order valence-electron chi connectivity index (χ4n) is 2.09. The topological polar surface area (TPSA) is 80.7 Å². The van der Waals surface area contributed by atoms with E-state index in [0.717, 1.165) is 0 Å². The van der Waals surface area contributed by atoms with Gasteiger partial charge in [0.1, 0.15) is 17.1 Å². The van der Waals surface area contributed by atoms with Crippen molar-refractivity contribution in [1.82, 2.24) is 0 Å². The molecule has 19 heavy (non-hydrogen) atoms. The Bertz CT molecular complexity index is 433. The smallest absolute Gasteiger partial charge is 0.346 e. The Balaban J connectivity index is 2.96. The van der Waals surface area contributed by atoms with Crippen molar-refractivity contribution in [2.45, 2.75) is 46.6 Å². The number of ketones is 2. The fraction of sp³-hybridized carbons (Fsp3) is 0.643. The minimum absolute atomic E-state index is 0.0880. The summed E-state index contributed by atoms with van der Waals surface area (Å²) in [6.07, 6.45) is -0.290. The molecule has 1 aliphatic heterocycles. The number of carbonyl (C=O) groups excluding carboxylic acids is 3. The van der Waals surface area contributed by atoms with Gasteiger partial charge >= 0.3 is 5.97 Å². The normalized spacial score (nSPS) is 23.5. The second-order valence-corrected chi connectivity index (χ2v) is 5.46. The first kappa shape index (κ1) is 15.4. The number of ether oxygens (including phenoxy) is 1. The number of cyclic esters (lactones) is 1. The highest BCUT2D eigenvalue weighted by molar-refractivity contribution is 6.23. The molecule has 0 amide bonds. The van der Waals surface area contributed by atoms with Gasteiger partial charge in [-0.25, -0.2) is 4.79 Å². The molecule has 0 aromatic rings. The van der Waals surface area contributed by atoms with Gasteiger partial charge in [0.25, 0.3) is 0 Å². The summed E-state index contributed by atoms with van der Waals surface area (Å²) in [5, 5.41) is 9.96. The van der Waals surface area contributed by atoms with Crippen molar-refractivity contribution in [2.24, 2.45) is 11.8 Å². The molecule has 0 radical (unpaired) electrons. The maximum Gasteiger partial charge on any atom is 0.346 e. The third-order valence-electron chi connectivity index (χ3n) is 2.99. The minimum Gasteiger partial charge on any atom is -0.511 e. The standard InChI is InChI=1S/C14H20O5/c1-7(2)5-10-13(17)11(14(18)19-10)12(16)8(3)6-9(4)15/h7-8,10,16H,5-6H2,1-4H3/b12-11+. The van der Waals surface area contributed by atoms with Crippen molar-refractivity contribution in [3.05, 3.63) is 11.3 Å². The van der Waals surface area contributed by atoms with Gasteiger partial charge in [-0.05, 0) is 19.3 Å². The van der Waals surface area contributed by atoms with Crippen LogP contribution in [0.4, 0.5) is 0 Å². The first-order valence-electron chi connectivity index (χ1n) is 6.41. The summed E-state index contributed by atoms with van der Waals surface area (Å²) in [6, 6.07) is 0. The zero-order valence-electron chi connectivity index (χ0n) is 11.7. The molecule has 0 spiro atoms. The molecule has 106 valence electrons. The summed E-state index contributed by atoms with van der Waals surface area (Å²) >= 11 is 0. The number of aliphatic hydroxyl groups excluding tert-OH is 1. The van der Waals surface area contributed by atoms with Crippen LogP contribution < -0.4 is 0 Å². The zero-order chi connectivity index (χ0) is 14.7. The van der Waals surface area contributed by atoms with E-state index in [1.54, 1.807) is 6.92 Å². The number of rotatable bonds is 5. The van der Waals surface area contributed by atoms with Crippen LogP contribution in [0, 0.1) is 11.8 Å². The van der Waals surface area contributed by atoms with E-state index in [-0.39, 0.29) is 29.5 Å². The van der Waals surface area contributed by atoms with Crippen molar-refractivity contribution in [3.63, 3.8) is 0 Å². The lowest BCUT2D eigenvalue weighted by atomic mass is 9.95. The average Bonchev–Trinajstić information content (AvgIpc) is 2.51. The van der Waals surface area contributed by atoms with Gasteiger partial charge in [-0.2, -0.15) is 0 Å². The Hall–Kier alpha value is -1.65. The molecule has 1 rings (SSSR count). The molecule has 5 heteroatoms. The molecule has 0 saturated carbocycles. The molecule has 0 aliphatic carbocycles. The first-order valence-corrected chi connectivity index (χ1v) is 6.41. The summed E-state index contributed by atoms with van der Waals surface area (Å²) in [7, 11) is 0. The van der Waals surface area contributed by atoms with Gasteiger partial charge in [-0.3, -0.25) is 4.79 Å². The van der Waals surface area contributed by atoms with E-state index in [4.69, 9.17) is 4.74 Å². The maximum absolute atomic E-state index is 12.0. The molecule has 2 unspecified atom stereocenters. The SMILES string of the molecule is CC(=O)CC(C)/C(O)=C1\C(=O)OC(CC(C)C)C1=O. The van der Waals surface area contributed by atoms with Crippen molar-refractivity contribution in [1.29, 1.82) is 0 Å². The quantitative estimate of drug-likeness (QED) is 0.357. The van der Waals surface area contributed by atoms with E-state index in [2.05, 4.69) is 0 Å². The number of aliphatic hydroxyl groups is 1. The van der Waals surface area contributed by atoms with E-state index >= 15 is 0 Å². The second kappa shape index (κ2) is 5.99. The molecule has 0 bridgehead atoms. The molecule has 5 nitrogen and oxygen atoms in total. The van der Waals surface area contributed by atoms with E-state index < -0.39 is 23.8 Å². The average molecular weight is 268 g/mol. The van der Waals surface area contributed by atoms with Gasteiger partial charge in [0.05, 0.1) is 0 Å². The molecular formula is C14H20O5. The van der Waals surface area contributed by atoms with Crippen LogP contribution in [0.2, 0.25) is 0 Å². The molecule has 1 saturated heterocycles. The summed E-state index contributed by atoms with van der Waals surface area (Å²) in [4.78, 5) is 34.7. The number of esters is 1. The monoisotopic (exact) mass is 268 g/mol. The van der Waals surface area contributed by atoms with Gasteiger partial charge < -0.3 is 14.6 Å². The van der Waals surface area contributed by atoms with Crippen LogP contribution in [0.1, 0.15) is 40.5 Å². The van der Waals surface area contributed by atoms with Gasteiger partial charge in [-0.15, -0.1) is 0 Å². The zero-order valence-corrected chi connectivity index (χ0v) is 11.7. The predicted molar refractivity (Wildman–Crippen MR) is 68.5 cm³/mol. The highest BCUT2D eigenvalue weighted by Crippen LogP contribution is 2.27. The van der Waals surface area contributed by atoms with Crippen LogP contribution in [0.3, 0.4) is 0 Å². The molecular weight excluding hydrogens is 248 g/mol. The predicted octanol–water partition coefficient (Wildman–Crippen LogP) is 1.95. The highest BCUT2D eigenvalue weighted by Gasteiger charge is 2.41. The van der Waals surface area contributed by atoms with Crippen LogP contribution in [-0.4, -0.2) is 28.7 Å². The number of hydrogen-bond donors (Lipinski definition) is 1. The molecule has 1 N–H and O–H groups in total. The first-order chi connectivity index (χ1) is 8.73. The number of hydrogen-bond acceptors (Lipinski definition) is 5. The van der Waals surface area contributed by atoms with Crippen LogP contribution in [0.5, 0.6) is 0 Å². The van der Waals surface area contributed by atoms with Crippen LogP contribution >= 0.6 is 0 Å². The Kier molecular flexibility index (Phi) is 4.86. The lowest BCUT2D eigenvalue weighted by Gasteiger charge is -2.10. The van der Waals surface area contributed by atoms with Crippen LogP contribution in [-0.2, 0) is 19.1 Å². The second-order valence-electron chi connectivity index (χ2n) is 5.46. The fourth-order valence-corrected chi connectivity index (χ4v) is 2.09. The molecule has 0 aromatic heterocycles. The summed E-state index contributed by atoms with van der Waals surface area (Å²) in [5.74, 6) is -2.07. The number of Topliss-reactive ketones (excluding diaryl/α,β-unsaturated/α-hetero) is 2. The lowest BCUT2D eigenvalue weighted by molar-refractivity contribution is -0.141. The summed E-state index contributed by atoms with van der Waals surface area (Å²) < 4.78 is 4.98. The third kappa shape index (κ3) is 3.66. The van der Waals surface area contributed by atoms with E-state index in [0.29, 0.717) is 6.42 Å². The lowest BCUT2D eigenvalue weighted by Crippen LogP contribution is -2.19. The highest BCUT2D eigenvalue weighted by atomic mass is 16.6. The van der Waals surface area contributed by atoms with Gasteiger partial charge in [0.2, 0.25) is 5.78 Å². The Morgan fingerprint density at radius 3 is 2.37 bits per heavy atom. The Labute approximate surface area is 112 Å². The molecule has 1 heterocycles. The number of carbonyl (C=O) groups is 3.